The average molecular weight is 376 g/mol. The monoisotopic (exact) mass is 375 g/mol. The van der Waals surface area contributed by atoms with Crippen molar-refractivity contribution in [3.63, 3.8) is 0 Å². The first-order chi connectivity index (χ1) is 12.8. The Hall–Kier alpha value is -1.63. The van der Waals surface area contributed by atoms with Crippen molar-refractivity contribution in [1.29, 1.82) is 0 Å². The van der Waals surface area contributed by atoms with Gasteiger partial charge in [0.05, 0.1) is 11.1 Å². The molecule has 1 amide bonds. The fraction of sp³-hybridized carbons (Fsp3) is 0.667. The van der Waals surface area contributed by atoms with Gasteiger partial charge in [-0.3, -0.25) is 4.79 Å². The fourth-order valence-electron chi connectivity index (χ4n) is 4.32. The standard InChI is InChI=1S/C21H33N3O3/c1-5-24-12-9-21(10-13-24)19(26)20(2,11-14-27-21)22-18(25)16-7-6-8-17(15-16)23(3)4/h6-8,15,19,26H,5,9-14H2,1-4H3,(H,22,25)/t19-,20+/m1/s1. The van der Waals surface area contributed by atoms with Crippen molar-refractivity contribution < 1.29 is 14.6 Å². The minimum atomic E-state index is -0.723. The first kappa shape index (κ1) is 20.1. The highest BCUT2D eigenvalue weighted by molar-refractivity contribution is 5.95. The van der Waals surface area contributed by atoms with E-state index >= 15 is 0 Å². The Morgan fingerprint density at radius 2 is 2.04 bits per heavy atom. The van der Waals surface area contributed by atoms with E-state index in [-0.39, 0.29) is 5.91 Å². The molecule has 0 saturated carbocycles. The van der Waals surface area contributed by atoms with E-state index in [9.17, 15) is 9.90 Å². The van der Waals surface area contributed by atoms with Crippen LogP contribution in [0, 0.1) is 0 Å². The van der Waals surface area contributed by atoms with Gasteiger partial charge in [-0.15, -0.1) is 0 Å². The molecule has 0 bridgehead atoms. The van der Waals surface area contributed by atoms with E-state index in [0.29, 0.717) is 18.6 Å². The van der Waals surface area contributed by atoms with Crippen LogP contribution in [0.1, 0.15) is 43.5 Å². The molecule has 2 atom stereocenters. The fourth-order valence-corrected chi connectivity index (χ4v) is 4.32. The number of anilines is 1. The highest BCUT2D eigenvalue weighted by atomic mass is 16.5. The third-order valence-electron chi connectivity index (χ3n) is 6.29. The van der Waals surface area contributed by atoms with Crippen molar-refractivity contribution in [2.24, 2.45) is 0 Å². The van der Waals surface area contributed by atoms with Gasteiger partial charge in [-0.1, -0.05) is 13.0 Å². The summed E-state index contributed by atoms with van der Waals surface area (Å²) in [5, 5.41) is 14.4. The van der Waals surface area contributed by atoms with E-state index in [1.807, 2.05) is 50.2 Å². The summed E-state index contributed by atoms with van der Waals surface area (Å²) in [6, 6.07) is 7.54. The number of aliphatic hydroxyl groups excluding tert-OH is 1. The molecular weight excluding hydrogens is 342 g/mol. The average Bonchev–Trinajstić information content (AvgIpc) is 2.67. The molecule has 1 aromatic rings. The van der Waals surface area contributed by atoms with E-state index in [1.165, 1.54) is 0 Å². The van der Waals surface area contributed by atoms with Gasteiger partial charge >= 0.3 is 0 Å². The lowest BCUT2D eigenvalue weighted by Crippen LogP contribution is -2.69. The van der Waals surface area contributed by atoms with Crippen LogP contribution in [0.4, 0.5) is 5.69 Å². The van der Waals surface area contributed by atoms with Crippen molar-refractivity contribution in [2.75, 3.05) is 45.2 Å². The molecule has 150 valence electrons. The summed E-state index contributed by atoms with van der Waals surface area (Å²) in [4.78, 5) is 17.3. The Bertz CT molecular complexity index is 670. The molecule has 1 aromatic carbocycles. The number of benzene rings is 1. The van der Waals surface area contributed by atoms with Gasteiger partial charge in [0.15, 0.2) is 0 Å². The number of hydrogen-bond donors (Lipinski definition) is 2. The van der Waals surface area contributed by atoms with E-state index < -0.39 is 17.2 Å². The summed E-state index contributed by atoms with van der Waals surface area (Å²) in [6.07, 6.45) is 1.47. The molecule has 2 fully saturated rings. The first-order valence-electron chi connectivity index (χ1n) is 9.94. The van der Waals surface area contributed by atoms with Crippen LogP contribution in [0.15, 0.2) is 24.3 Å². The zero-order valence-electron chi connectivity index (χ0n) is 17.0. The zero-order chi connectivity index (χ0) is 19.7. The normalized spacial score (nSPS) is 28.1. The van der Waals surface area contributed by atoms with Gasteiger partial charge in [-0.2, -0.15) is 0 Å². The van der Waals surface area contributed by atoms with Crippen LogP contribution in [0.2, 0.25) is 0 Å². The number of nitrogens with zero attached hydrogens (tertiary/aromatic N) is 2. The number of carbonyl (C=O) groups excluding carboxylic acids is 1. The highest BCUT2D eigenvalue weighted by Crippen LogP contribution is 2.40. The number of amides is 1. The predicted octanol–water partition coefficient (Wildman–Crippen LogP) is 1.88. The summed E-state index contributed by atoms with van der Waals surface area (Å²) in [7, 11) is 3.90. The summed E-state index contributed by atoms with van der Waals surface area (Å²) in [5.41, 5.74) is 0.328. The Balaban J connectivity index is 1.75. The van der Waals surface area contributed by atoms with Crippen molar-refractivity contribution >= 4 is 11.6 Å². The van der Waals surface area contributed by atoms with Crippen LogP contribution in [0.25, 0.3) is 0 Å². The van der Waals surface area contributed by atoms with Crippen LogP contribution in [-0.2, 0) is 4.74 Å². The van der Waals surface area contributed by atoms with Gasteiger partial charge < -0.3 is 25.0 Å². The Kier molecular flexibility index (Phi) is 5.79. The molecule has 2 aliphatic heterocycles. The van der Waals surface area contributed by atoms with Crippen molar-refractivity contribution in [2.45, 2.75) is 50.4 Å². The van der Waals surface area contributed by atoms with Gasteiger partial charge in [0.25, 0.3) is 5.91 Å². The second kappa shape index (κ2) is 7.78. The summed E-state index contributed by atoms with van der Waals surface area (Å²) >= 11 is 0. The van der Waals surface area contributed by atoms with E-state index in [2.05, 4.69) is 17.1 Å². The lowest BCUT2D eigenvalue weighted by molar-refractivity contribution is -0.205. The maximum absolute atomic E-state index is 12.9. The molecule has 2 N–H and O–H groups in total. The SMILES string of the molecule is CCN1CCC2(CC1)OCC[C@](C)(NC(=O)c1cccc(N(C)C)c1)[C@H]2O. The highest BCUT2D eigenvalue weighted by Gasteiger charge is 2.53. The van der Waals surface area contributed by atoms with Crippen LogP contribution >= 0.6 is 0 Å². The smallest absolute Gasteiger partial charge is 0.251 e. The second-order valence-corrected chi connectivity index (χ2v) is 8.32. The molecule has 6 nitrogen and oxygen atoms in total. The van der Waals surface area contributed by atoms with E-state index in [4.69, 9.17) is 4.74 Å². The van der Waals surface area contributed by atoms with E-state index in [1.54, 1.807) is 0 Å². The Morgan fingerprint density at radius 1 is 1.33 bits per heavy atom. The molecule has 1 spiro atoms. The van der Waals surface area contributed by atoms with Crippen molar-refractivity contribution in [1.82, 2.24) is 10.2 Å². The largest absolute Gasteiger partial charge is 0.388 e. The maximum atomic E-state index is 12.9. The molecular formula is C21H33N3O3. The molecule has 0 radical (unpaired) electrons. The summed E-state index contributed by atoms with van der Waals surface area (Å²) in [5.74, 6) is -0.150. The number of ether oxygens (including phenoxy) is 1. The molecule has 0 aromatic heterocycles. The minimum Gasteiger partial charge on any atom is -0.388 e. The lowest BCUT2D eigenvalue weighted by atomic mass is 9.73. The van der Waals surface area contributed by atoms with Crippen LogP contribution in [-0.4, -0.2) is 73.5 Å². The van der Waals surface area contributed by atoms with Crippen LogP contribution in [0.3, 0.4) is 0 Å². The molecule has 27 heavy (non-hydrogen) atoms. The van der Waals surface area contributed by atoms with E-state index in [0.717, 1.165) is 38.2 Å². The molecule has 0 unspecified atom stereocenters. The summed E-state index contributed by atoms with van der Waals surface area (Å²) in [6.45, 7) is 7.51. The third-order valence-corrected chi connectivity index (χ3v) is 6.29. The number of carbonyl (C=O) groups is 1. The van der Waals surface area contributed by atoms with Crippen LogP contribution < -0.4 is 10.2 Å². The molecule has 2 saturated heterocycles. The molecule has 2 heterocycles. The second-order valence-electron chi connectivity index (χ2n) is 8.32. The molecule has 0 aliphatic carbocycles. The van der Waals surface area contributed by atoms with Gasteiger partial charge in [-0.05, 0) is 50.9 Å². The first-order valence-corrected chi connectivity index (χ1v) is 9.94. The lowest BCUT2D eigenvalue weighted by Gasteiger charge is -2.53. The van der Waals surface area contributed by atoms with Crippen molar-refractivity contribution in [3.8, 4) is 0 Å². The number of rotatable bonds is 4. The van der Waals surface area contributed by atoms with Gasteiger partial charge in [0.2, 0.25) is 0 Å². The number of nitrogens with one attached hydrogen (secondary N) is 1. The van der Waals surface area contributed by atoms with Gasteiger partial charge in [0.1, 0.15) is 6.10 Å². The summed E-state index contributed by atoms with van der Waals surface area (Å²) < 4.78 is 6.11. The molecule has 2 aliphatic rings. The Morgan fingerprint density at radius 3 is 2.67 bits per heavy atom. The number of likely N-dealkylation sites (tertiary alicyclic amines) is 1. The minimum absolute atomic E-state index is 0.150. The Labute approximate surface area is 162 Å². The van der Waals surface area contributed by atoms with Gasteiger partial charge in [0, 0.05) is 45.0 Å². The zero-order valence-corrected chi connectivity index (χ0v) is 17.0. The van der Waals surface area contributed by atoms with Crippen molar-refractivity contribution in [3.05, 3.63) is 29.8 Å². The molecule has 6 heteroatoms. The predicted molar refractivity (Wildman–Crippen MR) is 107 cm³/mol. The van der Waals surface area contributed by atoms with Crippen LogP contribution in [0.5, 0.6) is 0 Å². The number of piperidine rings is 1. The third kappa shape index (κ3) is 3.98. The molecule has 3 rings (SSSR count). The number of aliphatic hydroxyl groups is 1. The number of hydrogen-bond acceptors (Lipinski definition) is 5. The van der Waals surface area contributed by atoms with Gasteiger partial charge in [-0.25, -0.2) is 0 Å². The topological polar surface area (TPSA) is 65.0 Å². The maximum Gasteiger partial charge on any atom is 0.251 e. The quantitative estimate of drug-likeness (QED) is 0.841.